The average molecular weight is 248 g/mol. The first-order chi connectivity index (χ1) is 7.75. The predicted octanol–water partition coefficient (Wildman–Crippen LogP) is 4.69. The Morgan fingerprint density at radius 3 is 2.56 bits per heavy atom. The topological polar surface area (TPSA) is 12.9 Å². The fraction of sp³-hybridized carbons (Fsp3) is 0. The van der Waals surface area contributed by atoms with Crippen LogP contribution in [0.3, 0.4) is 0 Å². The lowest BCUT2D eigenvalue weighted by Crippen LogP contribution is -1.83. The quantitative estimate of drug-likeness (QED) is 0.525. The summed E-state index contributed by atoms with van der Waals surface area (Å²) in [6, 6.07) is 13.6. The van der Waals surface area contributed by atoms with Crippen LogP contribution in [0.25, 0.3) is 21.8 Å². The highest BCUT2D eigenvalue weighted by Crippen LogP contribution is 2.31. The number of aromatic nitrogens is 1. The molecule has 0 fully saturated rings. The average Bonchev–Trinajstić information content (AvgIpc) is 2.32. The molecule has 0 aliphatic heterocycles. The van der Waals surface area contributed by atoms with Crippen molar-refractivity contribution in [2.24, 2.45) is 0 Å². The zero-order valence-corrected chi connectivity index (χ0v) is 9.76. The van der Waals surface area contributed by atoms with Gasteiger partial charge in [-0.05, 0) is 24.3 Å². The van der Waals surface area contributed by atoms with Gasteiger partial charge in [0, 0.05) is 10.8 Å². The van der Waals surface area contributed by atoms with Crippen LogP contribution >= 0.6 is 23.2 Å². The lowest BCUT2D eigenvalue weighted by atomic mass is 10.1. The molecule has 0 unspecified atom stereocenters. The second kappa shape index (κ2) is 3.62. The summed E-state index contributed by atoms with van der Waals surface area (Å²) in [5.41, 5.74) is 1.83. The van der Waals surface area contributed by atoms with Crippen LogP contribution in [0.4, 0.5) is 0 Å². The molecular formula is C13H7Cl2N. The van der Waals surface area contributed by atoms with Crippen LogP contribution in [0.15, 0.2) is 42.5 Å². The van der Waals surface area contributed by atoms with E-state index in [4.69, 9.17) is 23.2 Å². The van der Waals surface area contributed by atoms with E-state index in [0.29, 0.717) is 10.0 Å². The second-order valence-electron chi connectivity index (χ2n) is 3.61. The Balaban J connectivity index is 2.51. The molecule has 16 heavy (non-hydrogen) atoms. The number of halogens is 2. The number of para-hydroxylation sites is 1. The summed E-state index contributed by atoms with van der Waals surface area (Å²) >= 11 is 12.1. The lowest BCUT2D eigenvalue weighted by Gasteiger charge is -2.04. The normalized spacial score (nSPS) is 11.1. The summed E-state index contributed by atoms with van der Waals surface area (Å²) in [6.45, 7) is 0. The Kier molecular flexibility index (Phi) is 2.23. The van der Waals surface area contributed by atoms with Crippen LogP contribution in [0.5, 0.6) is 0 Å². The van der Waals surface area contributed by atoms with Gasteiger partial charge in [-0.3, -0.25) is 0 Å². The first kappa shape index (κ1) is 9.88. The summed E-state index contributed by atoms with van der Waals surface area (Å²) < 4.78 is 0. The first-order valence-electron chi connectivity index (χ1n) is 4.89. The summed E-state index contributed by atoms with van der Waals surface area (Å²) in [4.78, 5) is 4.54. The Bertz CT molecular complexity index is 692. The van der Waals surface area contributed by atoms with E-state index < -0.39 is 0 Å². The van der Waals surface area contributed by atoms with E-state index in [1.165, 1.54) is 0 Å². The molecule has 0 amide bonds. The van der Waals surface area contributed by atoms with E-state index >= 15 is 0 Å². The van der Waals surface area contributed by atoms with E-state index in [-0.39, 0.29) is 0 Å². The highest BCUT2D eigenvalue weighted by Gasteiger charge is 2.05. The molecule has 1 nitrogen and oxygen atoms in total. The Morgan fingerprint density at radius 2 is 1.69 bits per heavy atom. The van der Waals surface area contributed by atoms with Gasteiger partial charge in [-0.2, -0.15) is 0 Å². The van der Waals surface area contributed by atoms with E-state index in [0.717, 1.165) is 21.8 Å². The van der Waals surface area contributed by atoms with Gasteiger partial charge in [-0.1, -0.05) is 41.4 Å². The fourth-order valence-electron chi connectivity index (χ4n) is 1.79. The van der Waals surface area contributed by atoms with E-state index in [1.807, 2.05) is 36.4 Å². The van der Waals surface area contributed by atoms with Crippen LogP contribution in [0.1, 0.15) is 0 Å². The number of fused-ring (bicyclic) bond motifs is 2. The van der Waals surface area contributed by atoms with E-state index in [1.54, 1.807) is 6.07 Å². The van der Waals surface area contributed by atoms with Crippen molar-refractivity contribution in [3.05, 3.63) is 52.5 Å². The van der Waals surface area contributed by atoms with Gasteiger partial charge < -0.3 is 0 Å². The highest BCUT2D eigenvalue weighted by atomic mass is 35.5. The van der Waals surface area contributed by atoms with Crippen LogP contribution in [0.2, 0.25) is 10.0 Å². The molecule has 3 aromatic rings. The highest BCUT2D eigenvalue weighted by molar-refractivity contribution is 6.45. The number of rotatable bonds is 0. The molecule has 0 atom stereocenters. The van der Waals surface area contributed by atoms with Crippen LogP contribution in [-0.4, -0.2) is 4.98 Å². The first-order valence-corrected chi connectivity index (χ1v) is 5.65. The Hall–Kier alpha value is -1.31. The van der Waals surface area contributed by atoms with Gasteiger partial charge in [-0.15, -0.1) is 0 Å². The van der Waals surface area contributed by atoms with Gasteiger partial charge in [0.2, 0.25) is 0 Å². The van der Waals surface area contributed by atoms with Crippen LogP contribution in [-0.2, 0) is 0 Å². The number of hydrogen-bond donors (Lipinski definition) is 0. The molecule has 0 aliphatic carbocycles. The van der Waals surface area contributed by atoms with Crippen molar-refractivity contribution in [2.45, 2.75) is 0 Å². The molecule has 0 saturated carbocycles. The second-order valence-corrected chi connectivity index (χ2v) is 4.39. The third-order valence-corrected chi connectivity index (χ3v) is 3.41. The van der Waals surface area contributed by atoms with Crippen molar-refractivity contribution in [2.75, 3.05) is 0 Å². The number of nitrogens with zero attached hydrogens (tertiary/aromatic N) is 1. The van der Waals surface area contributed by atoms with Gasteiger partial charge >= 0.3 is 0 Å². The Morgan fingerprint density at radius 1 is 0.875 bits per heavy atom. The molecule has 78 valence electrons. The van der Waals surface area contributed by atoms with Crippen molar-refractivity contribution in [3.63, 3.8) is 0 Å². The number of hydrogen-bond acceptors (Lipinski definition) is 1. The number of pyridine rings is 1. The maximum atomic E-state index is 6.15. The Labute approximate surface area is 103 Å². The van der Waals surface area contributed by atoms with Crippen molar-refractivity contribution in [1.29, 1.82) is 0 Å². The molecule has 1 heterocycles. The molecule has 0 aliphatic rings. The molecule has 3 heteroatoms. The zero-order chi connectivity index (χ0) is 11.1. The van der Waals surface area contributed by atoms with E-state index in [2.05, 4.69) is 4.98 Å². The summed E-state index contributed by atoms with van der Waals surface area (Å²) in [5.74, 6) is 0. The maximum Gasteiger partial charge on any atom is 0.0725 e. The van der Waals surface area contributed by atoms with Crippen molar-refractivity contribution < 1.29 is 0 Å². The molecule has 1 aromatic heterocycles. The lowest BCUT2D eigenvalue weighted by molar-refractivity contribution is 1.50. The maximum absolute atomic E-state index is 6.15. The van der Waals surface area contributed by atoms with Crippen molar-refractivity contribution >= 4 is 45.0 Å². The van der Waals surface area contributed by atoms with Gasteiger partial charge in [0.15, 0.2) is 0 Å². The van der Waals surface area contributed by atoms with Crippen LogP contribution < -0.4 is 0 Å². The minimum absolute atomic E-state index is 0.561. The zero-order valence-electron chi connectivity index (χ0n) is 8.24. The SMILES string of the molecule is Clc1ccc2nc3ccccc3cc2c1Cl. The van der Waals surface area contributed by atoms with Gasteiger partial charge in [-0.25, -0.2) is 4.98 Å². The monoisotopic (exact) mass is 247 g/mol. The minimum atomic E-state index is 0.561. The van der Waals surface area contributed by atoms with Crippen LogP contribution in [0, 0.1) is 0 Å². The third kappa shape index (κ3) is 1.44. The summed E-state index contributed by atoms with van der Waals surface area (Å²) in [7, 11) is 0. The van der Waals surface area contributed by atoms with Gasteiger partial charge in [0.25, 0.3) is 0 Å². The van der Waals surface area contributed by atoms with Gasteiger partial charge in [0.05, 0.1) is 21.1 Å². The van der Waals surface area contributed by atoms with Crippen molar-refractivity contribution in [1.82, 2.24) is 4.98 Å². The van der Waals surface area contributed by atoms with Crippen molar-refractivity contribution in [3.8, 4) is 0 Å². The molecule has 0 bridgehead atoms. The third-order valence-electron chi connectivity index (χ3n) is 2.59. The molecule has 0 N–H and O–H groups in total. The minimum Gasteiger partial charge on any atom is -0.248 e. The summed E-state index contributed by atoms with van der Waals surface area (Å²) in [5, 5.41) is 3.09. The smallest absolute Gasteiger partial charge is 0.0725 e. The molecule has 2 aromatic carbocycles. The predicted molar refractivity (Wildman–Crippen MR) is 69.3 cm³/mol. The molecule has 0 saturated heterocycles. The molecule has 0 spiro atoms. The molecular weight excluding hydrogens is 241 g/mol. The number of benzene rings is 2. The standard InChI is InChI=1S/C13H7Cl2N/c14-10-5-6-12-9(13(10)15)7-8-3-1-2-4-11(8)16-12/h1-7H. The molecule has 3 rings (SSSR count). The summed E-state index contributed by atoms with van der Waals surface area (Å²) in [6.07, 6.45) is 0. The van der Waals surface area contributed by atoms with E-state index in [9.17, 15) is 0 Å². The van der Waals surface area contributed by atoms with Gasteiger partial charge in [0.1, 0.15) is 0 Å². The largest absolute Gasteiger partial charge is 0.248 e. The molecule has 0 radical (unpaired) electrons. The fourth-order valence-corrected chi connectivity index (χ4v) is 2.17.